The van der Waals surface area contributed by atoms with Gasteiger partial charge in [-0.15, -0.1) is 0 Å². The first-order valence-electron chi connectivity index (χ1n) is 10.9. The second kappa shape index (κ2) is 12.0. The van der Waals surface area contributed by atoms with Crippen LogP contribution in [-0.4, -0.2) is 74.8 Å². The smallest absolute Gasteiger partial charge is 0.224 e. The minimum Gasteiger partial charge on any atom is -0.396 e. The summed E-state index contributed by atoms with van der Waals surface area (Å²) in [7, 11) is 1.70. The Morgan fingerprint density at radius 3 is 2.26 bits per heavy atom. The van der Waals surface area contributed by atoms with E-state index in [-0.39, 0.29) is 18.4 Å². The van der Waals surface area contributed by atoms with E-state index in [0.717, 1.165) is 31.7 Å². The zero-order valence-corrected chi connectivity index (χ0v) is 18.2. The highest BCUT2D eigenvalue weighted by molar-refractivity contribution is 5.81. The standard InChI is InChI=1S/C24H33N5O2/c1-25-24(27-18-21(19-30)20-8-4-2-5-9-20)26-13-12-23(31)29-16-14-28(15-17-29)22-10-6-3-7-11-22/h2-11,21,30H,12-19H2,1H3,(H2,25,26,27). The molecule has 0 aromatic heterocycles. The SMILES string of the molecule is CN=C(NCCC(=O)N1CCN(c2ccccc2)CC1)NCC(CO)c1ccccc1. The van der Waals surface area contributed by atoms with E-state index in [1.165, 1.54) is 5.69 Å². The van der Waals surface area contributed by atoms with E-state index < -0.39 is 0 Å². The number of carbonyl (C=O) groups excluding carboxylic acids is 1. The van der Waals surface area contributed by atoms with Crippen LogP contribution < -0.4 is 15.5 Å². The lowest BCUT2D eigenvalue weighted by Crippen LogP contribution is -2.49. The molecule has 0 saturated carbocycles. The Morgan fingerprint density at radius 2 is 1.65 bits per heavy atom. The number of hydrogen-bond donors (Lipinski definition) is 3. The molecule has 0 aliphatic carbocycles. The van der Waals surface area contributed by atoms with Crippen molar-refractivity contribution in [3.63, 3.8) is 0 Å². The van der Waals surface area contributed by atoms with E-state index in [1.54, 1.807) is 7.05 Å². The van der Waals surface area contributed by atoms with Crippen molar-refractivity contribution < 1.29 is 9.90 Å². The van der Waals surface area contributed by atoms with Crippen LogP contribution in [0.5, 0.6) is 0 Å². The summed E-state index contributed by atoms with van der Waals surface area (Å²) in [6, 6.07) is 20.2. The van der Waals surface area contributed by atoms with Crippen molar-refractivity contribution in [3.05, 3.63) is 66.2 Å². The number of aliphatic hydroxyl groups is 1. The van der Waals surface area contributed by atoms with Gasteiger partial charge in [-0.3, -0.25) is 9.79 Å². The molecule has 3 rings (SSSR count). The van der Waals surface area contributed by atoms with Gasteiger partial charge in [-0.05, 0) is 17.7 Å². The molecule has 0 spiro atoms. The zero-order valence-electron chi connectivity index (χ0n) is 18.2. The highest BCUT2D eigenvalue weighted by Crippen LogP contribution is 2.16. The molecule has 7 heteroatoms. The summed E-state index contributed by atoms with van der Waals surface area (Å²) in [5, 5.41) is 16.1. The highest BCUT2D eigenvalue weighted by Gasteiger charge is 2.21. The monoisotopic (exact) mass is 423 g/mol. The molecule has 31 heavy (non-hydrogen) atoms. The van der Waals surface area contributed by atoms with Crippen LogP contribution in [-0.2, 0) is 4.79 Å². The molecule has 7 nitrogen and oxygen atoms in total. The third kappa shape index (κ3) is 6.72. The van der Waals surface area contributed by atoms with Gasteiger partial charge in [0, 0.05) is 64.3 Å². The Balaban J connectivity index is 1.37. The first-order valence-corrected chi connectivity index (χ1v) is 10.9. The average molecular weight is 424 g/mol. The van der Waals surface area contributed by atoms with Crippen LogP contribution >= 0.6 is 0 Å². The molecule has 1 aliphatic rings. The number of nitrogens with zero attached hydrogens (tertiary/aromatic N) is 3. The fourth-order valence-corrected chi connectivity index (χ4v) is 3.75. The van der Waals surface area contributed by atoms with Gasteiger partial charge >= 0.3 is 0 Å². The van der Waals surface area contributed by atoms with Gasteiger partial charge < -0.3 is 25.5 Å². The molecule has 1 amide bonds. The second-order valence-corrected chi connectivity index (χ2v) is 7.62. The van der Waals surface area contributed by atoms with Gasteiger partial charge in [0.1, 0.15) is 0 Å². The van der Waals surface area contributed by atoms with Crippen LogP contribution in [0.25, 0.3) is 0 Å². The van der Waals surface area contributed by atoms with Crippen LogP contribution in [0.4, 0.5) is 5.69 Å². The molecule has 2 aromatic carbocycles. The van der Waals surface area contributed by atoms with E-state index in [0.29, 0.717) is 25.5 Å². The molecular formula is C24H33N5O2. The largest absolute Gasteiger partial charge is 0.396 e. The molecule has 1 atom stereocenters. The third-order valence-electron chi connectivity index (χ3n) is 5.62. The number of carbonyl (C=O) groups is 1. The summed E-state index contributed by atoms with van der Waals surface area (Å²) in [6.07, 6.45) is 0.425. The maximum absolute atomic E-state index is 12.6. The number of amides is 1. The number of anilines is 1. The third-order valence-corrected chi connectivity index (χ3v) is 5.62. The molecule has 1 saturated heterocycles. The van der Waals surface area contributed by atoms with E-state index in [9.17, 15) is 9.90 Å². The Morgan fingerprint density at radius 1 is 1.00 bits per heavy atom. The molecule has 0 bridgehead atoms. The first kappa shape index (κ1) is 22.6. The summed E-state index contributed by atoms with van der Waals surface area (Å²) in [5.74, 6) is 0.784. The van der Waals surface area contributed by atoms with Crippen molar-refractivity contribution >= 4 is 17.6 Å². The predicted molar refractivity (Wildman–Crippen MR) is 125 cm³/mol. The molecule has 1 aliphatic heterocycles. The minimum atomic E-state index is -0.0118. The number of nitrogens with one attached hydrogen (secondary N) is 2. The summed E-state index contributed by atoms with van der Waals surface area (Å²) in [5.41, 5.74) is 2.29. The number of rotatable bonds is 8. The fraction of sp³-hybridized carbons (Fsp3) is 0.417. The van der Waals surface area contributed by atoms with Crippen LogP contribution in [0.3, 0.4) is 0 Å². The molecule has 166 valence electrons. The molecule has 3 N–H and O–H groups in total. The highest BCUT2D eigenvalue weighted by atomic mass is 16.3. The van der Waals surface area contributed by atoms with Crippen molar-refractivity contribution in [2.45, 2.75) is 12.3 Å². The van der Waals surface area contributed by atoms with Gasteiger partial charge in [-0.2, -0.15) is 0 Å². The van der Waals surface area contributed by atoms with E-state index in [4.69, 9.17) is 0 Å². The summed E-state index contributed by atoms with van der Waals surface area (Å²) in [4.78, 5) is 21.1. The number of aliphatic hydroxyl groups excluding tert-OH is 1. The summed E-state index contributed by atoms with van der Waals surface area (Å²) < 4.78 is 0. The Bertz CT molecular complexity index is 820. The van der Waals surface area contributed by atoms with Gasteiger partial charge in [0.15, 0.2) is 5.96 Å². The van der Waals surface area contributed by atoms with Crippen LogP contribution in [0.1, 0.15) is 17.9 Å². The van der Waals surface area contributed by atoms with Crippen molar-refractivity contribution in [2.24, 2.45) is 4.99 Å². The Kier molecular flexibility index (Phi) is 8.72. The van der Waals surface area contributed by atoms with Gasteiger partial charge in [-0.1, -0.05) is 48.5 Å². The molecule has 0 radical (unpaired) electrons. The summed E-state index contributed by atoms with van der Waals surface area (Å²) >= 11 is 0. The lowest BCUT2D eigenvalue weighted by Gasteiger charge is -2.36. The number of piperazine rings is 1. The number of hydrogen-bond acceptors (Lipinski definition) is 4. The number of para-hydroxylation sites is 1. The first-order chi connectivity index (χ1) is 15.2. The molecule has 1 unspecified atom stereocenters. The minimum absolute atomic E-state index is 0.0118. The van der Waals surface area contributed by atoms with E-state index in [1.807, 2.05) is 53.4 Å². The van der Waals surface area contributed by atoms with Gasteiger partial charge in [0.2, 0.25) is 5.91 Å². The van der Waals surface area contributed by atoms with Gasteiger partial charge in [0.25, 0.3) is 0 Å². The zero-order chi connectivity index (χ0) is 21.9. The Hall–Kier alpha value is -3.06. The number of benzene rings is 2. The molecule has 2 aromatic rings. The Labute approximate surface area is 184 Å². The maximum Gasteiger partial charge on any atom is 0.224 e. The predicted octanol–water partition coefficient (Wildman–Crippen LogP) is 1.67. The van der Waals surface area contributed by atoms with Crippen LogP contribution in [0, 0.1) is 0 Å². The number of guanidine groups is 1. The van der Waals surface area contributed by atoms with Crippen LogP contribution in [0.2, 0.25) is 0 Å². The fourth-order valence-electron chi connectivity index (χ4n) is 3.75. The van der Waals surface area contributed by atoms with Crippen molar-refractivity contribution in [2.75, 3.05) is 57.8 Å². The molecule has 1 fully saturated rings. The lowest BCUT2D eigenvalue weighted by atomic mass is 10.0. The van der Waals surface area contributed by atoms with E-state index >= 15 is 0 Å². The van der Waals surface area contributed by atoms with Crippen LogP contribution in [0.15, 0.2) is 65.7 Å². The quantitative estimate of drug-likeness (QED) is 0.445. The van der Waals surface area contributed by atoms with Gasteiger partial charge in [-0.25, -0.2) is 0 Å². The number of aliphatic imine (C=N–C) groups is 1. The van der Waals surface area contributed by atoms with Gasteiger partial charge in [0.05, 0.1) is 6.61 Å². The normalized spacial score (nSPS) is 15.5. The summed E-state index contributed by atoms with van der Waals surface area (Å²) in [6.45, 7) is 4.35. The second-order valence-electron chi connectivity index (χ2n) is 7.62. The topological polar surface area (TPSA) is 80.2 Å². The molecular weight excluding hydrogens is 390 g/mol. The van der Waals surface area contributed by atoms with Crippen molar-refractivity contribution in [1.29, 1.82) is 0 Å². The lowest BCUT2D eigenvalue weighted by molar-refractivity contribution is -0.131. The van der Waals surface area contributed by atoms with Crippen molar-refractivity contribution in [1.82, 2.24) is 15.5 Å². The van der Waals surface area contributed by atoms with Crippen molar-refractivity contribution in [3.8, 4) is 0 Å². The average Bonchev–Trinajstić information content (AvgIpc) is 2.84. The molecule has 1 heterocycles. The van der Waals surface area contributed by atoms with E-state index in [2.05, 4.69) is 32.7 Å². The maximum atomic E-state index is 12.6.